The second-order valence-corrected chi connectivity index (χ2v) is 4.30. The van der Waals surface area contributed by atoms with Gasteiger partial charge in [-0.2, -0.15) is 0 Å². The molecule has 1 aromatic rings. The van der Waals surface area contributed by atoms with E-state index in [2.05, 4.69) is 0 Å². The molecule has 0 bridgehead atoms. The maximum absolute atomic E-state index is 12.8. The van der Waals surface area contributed by atoms with E-state index in [1.165, 1.54) is 38.5 Å². The van der Waals surface area contributed by atoms with Gasteiger partial charge in [0.25, 0.3) is 0 Å². The van der Waals surface area contributed by atoms with Gasteiger partial charge in [-0.05, 0) is 35.9 Å². The molecule has 20 heavy (non-hydrogen) atoms. The van der Waals surface area contributed by atoms with Crippen molar-refractivity contribution < 1.29 is 18.7 Å². The fourth-order valence-corrected chi connectivity index (χ4v) is 1.97. The van der Waals surface area contributed by atoms with E-state index in [-0.39, 0.29) is 11.6 Å². The molecule has 0 atom stereocenters. The Morgan fingerprint density at radius 3 is 2.35 bits per heavy atom. The van der Waals surface area contributed by atoms with Crippen molar-refractivity contribution in [3.05, 3.63) is 65.5 Å². The Kier molecular flexibility index (Phi) is 4.27. The van der Waals surface area contributed by atoms with Gasteiger partial charge in [0.2, 0.25) is 5.79 Å². The largest absolute Gasteiger partial charge is 0.346 e. The lowest BCUT2D eigenvalue weighted by Crippen LogP contribution is -2.35. The van der Waals surface area contributed by atoms with Crippen LogP contribution in [0.4, 0.5) is 4.39 Å². The van der Waals surface area contributed by atoms with Gasteiger partial charge in [0.05, 0.1) is 0 Å². The number of benzene rings is 1. The topological polar surface area (TPSA) is 35.5 Å². The molecule has 1 aliphatic rings. The summed E-state index contributed by atoms with van der Waals surface area (Å²) in [4.78, 5) is 11.5. The molecule has 3 nitrogen and oxygen atoms in total. The molecule has 0 fully saturated rings. The van der Waals surface area contributed by atoms with Crippen LogP contribution in [-0.4, -0.2) is 25.8 Å². The van der Waals surface area contributed by atoms with Crippen molar-refractivity contribution in [2.24, 2.45) is 0 Å². The maximum Gasteiger partial charge on any atom is 0.215 e. The zero-order valence-electron chi connectivity index (χ0n) is 11.3. The molecule has 0 spiro atoms. The van der Waals surface area contributed by atoms with Gasteiger partial charge in [-0.1, -0.05) is 24.3 Å². The first-order chi connectivity index (χ1) is 9.59. The van der Waals surface area contributed by atoms with Crippen LogP contribution in [0.2, 0.25) is 0 Å². The van der Waals surface area contributed by atoms with Crippen molar-refractivity contribution >= 4 is 11.9 Å². The van der Waals surface area contributed by atoms with Crippen molar-refractivity contribution in [1.82, 2.24) is 0 Å². The van der Waals surface area contributed by atoms with Crippen LogP contribution in [-0.2, 0) is 14.3 Å². The smallest absolute Gasteiger partial charge is 0.215 e. The van der Waals surface area contributed by atoms with Crippen LogP contribution in [0.15, 0.2) is 54.1 Å². The van der Waals surface area contributed by atoms with Crippen LogP contribution in [0.1, 0.15) is 5.56 Å². The molecule has 0 radical (unpaired) electrons. The van der Waals surface area contributed by atoms with Crippen molar-refractivity contribution in [3.8, 4) is 0 Å². The Bertz CT molecular complexity index is 578. The standard InChI is InChI=1S/C16H15FO3/c1-19-16(20-2)10-9-15(18)11-13(16)6-3-12-4-7-14(17)8-5-12/h3-11H,1-2H3/b6-3+. The monoisotopic (exact) mass is 274 g/mol. The lowest BCUT2D eigenvalue weighted by atomic mass is 9.97. The second kappa shape index (κ2) is 5.94. The third-order valence-electron chi connectivity index (χ3n) is 3.10. The van der Waals surface area contributed by atoms with Crippen LogP contribution in [0.3, 0.4) is 0 Å². The van der Waals surface area contributed by atoms with E-state index in [4.69, 9.17) is 9.47 Å². The highest BCUT2D eigenvalue weighted by Gasteiger charge is 2.33. The number of carbonyl (C=O) groups excluding carboxylic acids is 1. The molecule has 1 aliphatic carbocycles. The molecule has 0 saturated heterocycles. The van der Waals surface area contributed by atoms with E-state index in [1.807, 2.05) is 0 Å². The Morgan fingerprint density at radius 2 is 1.75 bits per heavy atom. The summed E-state index contributed by atoms with van der Waals surface area (Å²) >= 11 is 0. The lowest BCUT2D eigenvalue weighted by Gasteiger charge is -2.30. The predicted molar refractivity (Wildman–Crippen MR) is 74.4 cm³/mol. The molecule has 0 saturated carbocycles. The van der Waals surface area contributed by atoms with Gasteiger partial charge in [0, 0.05) is 19.8 Å². The molecule has 104 valence electrons. The van der Waals surface area contributed by atoms with Crippen LogP contribution in [0, 0.1) is 5.82 Å². The van der Waals surface area contributed by atoms with Crippen LogP contribution in [0.5, 0.6) is 0 Å². The summed E-state index contributed by atoms with van der Waals surface area (Å²) in [6, 6.07) is 6.04. The van der Waals surface area contributed by atoms with Gasteiger partial charge < -0.3 is 9.47 Å². The summed E-state index contributed by atoms with van der Waals surface area (Å²) in [7, 11) is 3.01. The summed E-state index contributed by atoms with van der Waals surface area (Å²) in [5.74, 6) is -1.49. The molecule has 0 N–H and O–H groups in total. The van der Waals surface area contributed by atoms with E-state index in [9.17, 15) is 9.18 Å². The molecule has 2 rings (SSSR count). The van der Waals surface area contributed by atoms with E-state index in [1.54, 1.807) is 30.4 Å². The zero-order chi connectivity index (χ0) is 14.6. The molecule has 0 amide bonds. The quantitative estimate of drug-likeness (QED) is 0.792. The molecule has 0 unspecified atom stereocenters. The lowest BCUT2D eigenvalue weighted by molar-refractivity contribution is -0.142. The van der Waals surface area contributed by atoms with E-state index >= 15 is 0 Å². The molecular formula is C16H15FO3. The Balaban J connectivity index is 2.29. The number of hydrogen-bond acceptors (Lipinski definition) is 3. The maximum atomic E-state index is 12.8. The highest BCUT2D eigenvalue weighted by atomic mass is 19.1. The molecule has 0 aliphatic heterocycles. The minimum absolute atomic E-state index is 0.131. The Morgan fingerprint density at radius 1 is 1.10 bits per heavy atom. The first kappa shape index (κ1) is 14.4. The molecule has 0 heterocycles. The summed E-state index contributed by atoms with van der Waals surface area (Å²) in [6.45, 7) is 0. The number of ketones is 1. The highest BCUT2D eigenvalue weighted by molar-refractivity contribution is 6.01. The van der Waals surface area contributed by atoms with Crippen molar-refractivity contribution in [2.75, 3.05) is 14.2 Å². The van der Waals surface area contributed by atoms with Gasteiger partial charge in [-0.25, -0.2) is 4.39 Å². The first-order valence-electron chi connectivity index (χ1n) is 6.09. The van der Waals surface area contributed by atoms with Crippen LogP contribution >= 0.6 is 0 Å². The third kappa shape index (κ3) is 2.92. The number of allylic oxidation sites excluding steroid dienone is 2. The fraction of sp³-hybridized carbons (Fsp3) is 0.188. The van der Waals surface area contributed by atoms with E-state index in [0.29, 0.717) is 5.57 Å². The number of hydrogen-bond donors (Lipinski definition) is 0. The first-order valence-corrected chi connectivity index (χ1v) is 6.09. The van der Waals surface area contributed by atoms with Crippen molar-refractivity contribution in [1.29, 1.82) is 0 Å². The summed E-state index contributed by atoms with van der Waals surface area (Å²) in [5.41, 5.74) is 1.40. The van der Waals surface area contributed by atoms with Crippen LogP contribution in [0.25, 0.3) is 6.08 Å². The van der Waals surface area contributed by atoms with Crippen molar-refractivity contribution in [3.63, 3.8) is 0 Å². The predicted octanol–water partition coefficient (Wildman–Crippen LogP) is 2.89. The van der Waals surface area contributed by atoms with Gasteiger partial charge >= 0.3 is 0 Å². The minimum atomic E-state index is -1.07. The number of halogens is 1. The zero-order valence-corrected chi connectivity index (χ0v) is 11.3. The Labute approximate surface area is 117 Å². The third-order valence-corrected chi connectivity index (χ3v) is 3.10. The normalized spacial score (nSPS) is 17.6. The summed E-state index contributed by atoms with van der Waals surface area (Å²) < 4.78 is 23.5. The van der Waals surface area contributed by atoms with Gasteiger partial charge in [0.1, 0.15) is 5.82 Å². The number of methoxy groups -OCH3 is 2. The highest BCUT2D eigenvalue weighted by Crippen LogP contribution is 2.28. The van der Waals surface area contributed by atoms with E-state index in [0.717, 1.165) is 5.56 Å². The molecular weight excluding hydrogens is 259 g/mol. The van der Waals surface area contributed by atoms with Gasteiger partial charge in [-0.15, -0.1) is 0 Å². The van der Waals surface area contributed by atoms with Gasteiger partial charge in [-0.3, -0.25) is 4.79 Å². The fourth-order valence-electron chi connectivity index (χ4n) is 1.97. The summed E-state index contributed by atoms with van der Waals surface area (Å²) in [5, 5.41) is 0. The summed E-state index contributed by atoms with van der Waals surface area (Å²) in [6.07, 6.45) is 7.92. The molecule has 4 heteroatoms. The van der Waals surface area contributed by atoms with Gasteiger partial charge in [0.15, 0.2) is 5.78 Å². The Hall–Kier alpha value is -2.04. The molecule has 1 aromatic carbocycles. The second-order valence-electron chi connectivity index (χ2n) is 4.30. The molecule has 0 aromatic heterocycles. The minimum Gasteiger partial charge on any atom is -0.346 e. The van der Waals surface area contributed by atoms with Crippen LogP contribution < -0.4 is 0 Å². The van der Waals surface area contributed by atoms with E-state index < -0.39 is 5.79 Å². The number of ether oxygens (including phenoxy) is 2. The average Bonchev–Trinajstić information content (AvgIpc) is 2.47. The SMILES string of the molecule is COC1(OC)C=CC(=O)C=C1/C=C/c1ccc(F)cc1. The number of rotatable bonds is 4. The van der Waals surface area contributed by atoms with Crippen molar-refractivity contribution in [2.45, 2.75) is 5.79 Å². The number of carbonyl (C=O) groups is 1. The average molecular weight is 274 g/mol.